The van der Waals surface area contributed by atoms with Crippen molar-refractivity contribution in [1.82, 2.24) is 20.6 Å². The van der Waals surface area contributed by atoms with Crippen LogP contribution in [-0.4, -0.2) is 42.9 Å². The van der Waals surface area contributed by atoms with Gasteiger partial charge in [-0.3, -0.25) is 20.4 Å². The van der Waals surface area contributed by atoms with E-state index in [1.165, 1.54) is 39.7 Å². The molecule has 168 valence electrons. The van der Waals surface area contributed by atoms with E-state index in [0.717, 1.165) is 5.69 Å². The van der Waals surface area contributed by atoms with Crippen LogP contribution in [-0.2, 0) is 6.42 Å². The Kier molecular flexibility index (Phi) is 7.21. The molecule has 2 aromatic carbocycles. The Bertz CT molecular complexity index is 1120. The summed E-state index contributed by atoms with van der Waals surface area (Å²) in [5.41, 5.74) is 6.77. The first-order valence-electron chi connectivity index (χ1n) is 9.67. The lowest BCUT2D eigenvalue weighted by molar-refractivity contribution is 0.0845. The molecule has 0 aliphatic heterocycles. The monoisotopic (exact) mass is 458 g/mol. The van der Waals surface area contributed by atoms with E-state index < -0.39 is 11.8 Å². The number of halogens is 1. The highest BCUT2D eigenvalue weighted by Gasteiger charge is 2.20. The number of carbonyl (C=O) groups is 2. The maximum Gasteiger partial charge on any atom is 0.273 e. The largest absolute Gasteiger partial charge is 0.493 e. The van der Waals surface area contributed by atoms with Crippen LogP contribution in [0, 0.1) is 0 Å². The molecule has 0 bridgehead atoms. The number of amides is 2. The smallest absolute Gasteiger partial charge is 0.273 e. The summed E-state index contributed by atoms with van der Waals surface area (Å²) >= 11 is 6.07. The highest BCUT2D eigenvalue weighted by molar-refractivity contribution is 6.30. The zero-order chi connectivity index (χ0) is 23.3. The molecule has 0 fully saturated rings. The molecule has 2 amide bonds. The molecule has 0 aliphatic rings. The first-order chi connectivity index (χ1) is 15.4. The van der Waals surface area contributed by atoms with Crippen LogP contribution < -0.4 is 25.1 Å². The standard InChI is InChI=1S/C22H23ClN4O5/c1-5-17-16(12-24-27(17)15-8-6-7-14(23)11-15)22(29)26-25-21(28)13-9-18(30-2)20(32-4)19(10-13)31-3/h6-12H,5H2,1-4H3,(H,25,28)(H,26,29). The maximum absolute atomic E-state index is 12.7. The average molecular weight is 459 g/mol. The Morgan fingerprint density at radius 1 is 1.00 bits per heavy atom. The lowest BCUT2D eigenvalue weighted by Crippen LogP contribution is -2.41. The van der Waals surface area contributed by atoms with Gasteiger partial charge in [-0.25, -0.2) is 4.68 Å². The van der Waals surface area contributed by atoms with Crippen molar-refractivity contribution in [1.29, 1.82) is 0 Å². The summed E-state index contributed by atoms with van der Waals surface area (Å²) in [6.45, 7) is 1.91. The van der Waals surface area contributed by atoms with Crippen LogP contribution in [0.4, 0.5) is 0 Å². The fourth-order valence-electron chi connectivity index (χ4n) is 3.20. The van der Waals surface area contributed by atoms with E-state index in [-0.39, 0.29) is 5.56 Å². The Hall–Kier alpha value is -3.72. The van der Waals surface area contributed by atoms with Crippen molar-refractivity contribution in [2.45, 2.75) is 13.3 Å². The summed E-state index contributed by atoms with van der Waals surface area (Å²) in [5, 5.41) is 4.87. The summed E-state index contributed by atoms with van der Waals surface area (Å²) in [4.78, 5) is 25.4. The fraction of sp³-hybridized carbons (Fsp3) is 0.227. The van der Waals surface area contributed by atoms with Gasteiger partial charge in [-0.1, -0.05) is 24.6 Å². The van der Waals surface area contributed by atoms with Gasteiger partial charge in [0.25, 0.3) is 11.8 Å². The normalized spacial score (nSPS) is 10.4. The van der Waals surface area contributed by atoms with Gasteiger partial charge in [-0.2, -0.15) is 5.10 Å². The number of nitrogens with one attached hydrogen (secondary N) is 2. The van der Waals surface area contributed by atoms with Crippen molar-refractivity contribution in [2.75, 3.05) is 21.3 Å². The second-order valence-electron chi connectivity index (χ2n) is 6.57. The summed E-state index contributed by atoms with van der Waals surface area (Å²) in [5.74, 6) is -0.0656. The van der Waals surface area contributed by atoms with Crippen LogP contribution in [0.1, 0.15) is 33.3 Å². The molecule has 0 aliphatic carbocycles. The summed E-state index contributed by atoms with van der Waals surface area (Å²) < 4.78 is 17.4. The number of methoxy groups -OCH3 is 3. The van der Waals surface area contributed by atoms with Crippen LogP contribution in [0.15, 0.2) is 42.6 Å². The molecule has 0 unspecified atom stereocenters. The quantitative estimate of drug-likeness (QED) is 0.527. The van der Waals surface area contributed by atoms with E-state index in [9.17, 15) is 9.59 Å². The van der Waals surface area contributed by atoms with Crippen molar-refractivity contribution in [3.8, 4) is 22.9 Å². The molecule has 0 saturated heterocycles. The molecule has 0 radical (unpaired) electrons. The Morgan fingerprint density at radius 2 is 1.66 bits per heavy atom. The third-order valence-electron chi connectivity index (χ3n) is 4.72. The molecular formula is C22H23ClN4O5. The SMILES string of the molecule is CCc1c(C(=O)NNC(=O)c2cc(OC)c(OC)c(OC)c2)cnn1-c1cccc(Cl)c1. The number of ether oxygens (including phenoxy) is 3. The van der Waals surface area contributed by atoms with E-state index in [1.807, 2.05) is 13.0 Å². The number of carbonyl (C=O) groups excluding carboxylic acids is 2. The van der Waals surface area contributed by atoms with Gasteiger partial charge in [0, 0.05) is 10.6 Å². The van der Waals surface area contributed by atoms with E-state index in [0.29, 0.717) is 39.9 Å². The van der Waals surface area contributed by atoms with E-state index in [2.05, 4.69) is 16.0 Å². The maximum atomic E-state index is 12.7. The number of hydrazine groups is 1. The van der Waals surface area contributed by atoms with Gasteiger partial charge in [0.15, 0.2) is 11.5 Å². The topological polar surface area (TPSA) is 104 Å². The lowest BCUT2D eigenvalue weighted by Gasteiger charge is -2.14. The van der Waals surface area contributed by atoms with Gasteiger partial charge in [0.1, 0.15) is 0 Å². The highest BCUT2D eigenvalue weighted by atomic mass is 35.5. The molecule has 1 heterocycles. The van der Waals surface area contributed by atoms with E-state index >= 15 is 0 Å². The first-order valence-corrected chi connectivity index (χ1v) is 10.0. The molecule has 2 N–H and O–H groups in total. The average Bonchev–Trinajstić information content (AvgIpc) is 3.25. The van der Waals surface area contributed by atoms with Crippen LogP contribution >= 0.6 is 11.6 Å². The van der Waals surface area contributed by atoms with Crippen molar-refractivity contribution in [2.24, 2.45) is 0 Å². The van der Waals surface area contributed by atoms with Crippen LogP contribution in [0.3, 0.4) is 0 Å². The number of benzene rings is 2. The molecule has 3 aromatic rings. The molecule has 1 aromatic heterocycles. The number of rotatable bonds is 7. The van der Waals surface area contributed by atoms with Gasteiger partial charge >= 0.3 is 0 Å². The van der Waals surface area contributed by atoms with Crippen LogP contribution in [0.5, 0.6) is 17.2 Å². The van der Waals surface area contributed by atoms with Gasteiger partial charge < -0.3 is 14.2 Å². The van der Waals surface area contributed by atoms with Crippen molar-refractivity contribution < 1.29 is 23.8 Å². The molecular weight excluding hydrogens is 436 g/mol. The molecule has 10 heteroatoms. The molecule has 0 atom stereocenters. The Morgan fingerprint density at radius 3 is 2.22 bits per heavy atom. The van der Waals surface area contributed by atoms with Crippen molar-refractivity contribution in [3.63, 3.8) is 0 Å². The third-order valence-corrected chi connectivity index (χ3v) is 4.95. The predicted octanol–water partition coefficient (Wildman–Crippen LogP) is 3.19. The molecule has 0 saturated carbocycles. The van der Waals surface area contributed by atoms with Crippen LogP contribution in [0.2, 0.25) is 5.02 Å². The third kappa shape index (κ3) is 4.62. The van der Waals surface area contributed by atoms with Gasteiger partial charge in [0.2, 0.25) is 5.75 Å². The van der Waals surface area contributed by atoms with E-state index in [1.54, 1.807) is 22.9 Å². The highest BCUT2D eigenvalue weighted by Crippen LogP contribution is 2.38. The Balaban J connectivity index is 1.78. The van der Waals surface area contributed by atoms with E-state index in [4.69, 9.17) is 25.8 Å². The van der Waals surface area contributed by atoms with Gasteiger partial charge in [-0.15, -0.1) is 0 Å². The minimum atomic E-state index is -0.558. The number of nitrogens with zero attached hydrogens (tertiary/aromatic N) is 2. The van der Waals surface area contributed by atoms with Gasteiger partial charge in [0.05, 0.1) is 44.5 Å². The van der Waals surface area contributed by atoms with Crippen LogP contribution in [0.25, 0.3) is 5.69 Å². The summed E-state index contributed by atoms with van der Waals surface area (Å²) in [7, 11) is 4.37. The Labute approximate surface area is 190 Å². The van der Waals surface area contributed by atoms with Crippen molar-refractivity contribution >= 4 is 23.4 Å². The molecule has 9 nitrogen and oxygen atoms in total. The number of hydrogen-bond acceptors (Lipinski definition) is 6. The summed E-state index contributed by atoms with van der Waals surface area (Å²) in [6, 6.07) is 10.1. The summed E-state index contributed by atoms with van der Waals surface area (Å²) in [6.07, 6.45) is 1.98. The zero-order valence-corrected chi connectivity index (χ0v) is 18.8. The molecule has 32 heavy (non-hydrogen) atoms. The lowest BCUT2D eigenvalue weighted by atomic mass is 10.1. The second-order valence-corrected chi connectivity index (χ2v) is 7.01. The number of aromatic nitrogens is 2. The zero-order valence-electron chi connectivity index (χ0n) is 18.1. The fourth-order valence-corrected chi connectivity index (χ4v) is 3.38. The second kappa shape index (κ2) is 10.1. The van der Waals surface area contributed by atoms with Crippen molar-refractivity contribution in [3.05, 3.63) is 64.4 Å². The molecule has 0 spiro atoms. The minimum Gasteiger partial charge on any atom is -0.493 e. The first kappa shape index (κ1) is 23.0. The number of hydrogen-bond donors (Lipinski definition) is 2. The molecule has 3 rings (SSSR count). The minimum absolute atomic E-state index is 0.213. The van der Waals surface area contributed by atoms with Gasteiger partial charge in [-0.05, 0) is 36.8 Å². The predicted molar refractivity (Wildman–Crippen MR) is 119 cm³/mol.